The Morgan fingerprint density at radius 1 is 1.13 bits per heavy atom. The molecule has 0 unspecified atom stereocenters. The first kappa shape index (κ1) is 8.46. The van der Waals surface area contributed by atoms with Crippen LogP contribution in [0.15, 0.2) is 42.1 Å². The molecule has 0 saturated heterocycles. The van der Waals surface area contributed by atoms with Gasteiger partial charge in [0, 0.05) is 11.6 Å². The smallest absolute Gasteiger partial charge is 0.144 e. The predicted molar refractivity (Wildman–Crippen MR) is 61.9 cm³/mol. The lowest BCUT2D eigenvalue weighted by Crippen LogP contribution is -2.08. The number of hydrogen-bond donors (Lipinski definition) is 1. The molecule has 15 heavy (non-hydrogen) atoms. The molecule has 1 heteroatoms. The fraction of sp³-hybridized carbons (Fsp3) is 0.143. The second kappa shape index (κ2) is 3.08. The third kappa shape index (κ3) is 1.38. The minimum absolute atomic E-state index is 0.773. The van der Waals surface area contributed by atoms with Crippen LogP contribution in [0, 0.1) is 6.08 Å². The molecule has 72 valence electrons. The molecule has 3 rings (SSSR count). The minimum Gasteiger partial charge on any atom is -0.347 e. The first-order chi connectivity index (χ1) is 7.33. The second-order valence-corrected chi connectivity index (χ2v) is 4.04. The fourth-order valence-electron chi connectivity index (χ4n) is 2.03. The van der Waals surface area contributed by atoms with E-state index in [0.29, 0.717) is 0 Å². The van der Waals surface area contributed by atoms with Crippen molar-refractivity contribution in [3.63, 3.8) is 0 Å². The highest BCUT2D eigenvalue weighted by molar-refractivity contribution is 5.77. The first-order valence-electron chi connectivity index (χ1n) is 5.22. The summed E-state index contributed by atoms with van der Waals surface area (Å²) >= 11 is 0. The Labute approximate surface area is 89.6 Å². The summed E-state index contributed by atoms with van der Waals surface area (Å²) in [6, 6.07) is 6.65. The number of fused-ring (bicyclic) bond motifs is 1. The largest absolute Gasteiger partial charge is 0.347 e. The summed E-state index contributed by atoms with van der Waals surface area (Å²) in [5, 5.41) is 0. The van der Waals surface area contributed by atoms with Crippen LogP contribution in [-0.4, -0.2) is 0 Å². The number of rotatable bonds is 1. The Kier molecular flexibility index (Phi) is 1.74. The summed E-state index contributed by atoms with van der Waals surface area (Å²) < 4.78 is 0. The zero-order valence-corrected chi connectivity index (χ0v) is 8.46. The van der Waals surface area contributed by atoms with Crippen LogP contribution in [0.3, 0.4) is 0 Å². The molecule has 0 bridgehead atoms. The molecule has 0 heterocycles. The van der Waals surface area contributed by atoms with Gasteiger partial charge in [-0.25, -0.2) is 0 Å². The topological polar surface area (TPSA) is 26.0 Å². The van der Waals surface area contributed by atoms with Gasteiger partial charge in [-0.2, -0.15) is 0 Å². The fourth-order valence-corrected chi connectivity index (χ4v) is 2.03. The predicted octanol–water partition coefficient (Wildman–Crippen LogP) is 2.38. The molecular formula is C14H12N+. The van der Waals surface area contributed by atoms with Crippen molar-refractivity contribution < 1.29 is 0 Å². The number of hydrogen-bond acceptors (Lipinski definition) is 1. The zero-order chi connectivity index (χ0) is 10.3. The van der Waals surface area contributed by atoms with Gasteiger partial charge in [0.2, 0.25) is 0 Å². The van der Waals surface area contributed by atoms with Gasteiger partial charge in [-0.05, 0) is 36.1 Å². The summed E-state index contributed by atoms with van der Waals surface area (Å²) in [7, 11) is 0. The molecule has 0 atom stereocenters. The van der Waals surface area contributed by atoms with Gasteiger partial charge in [-0.15, -0.1) is 0 Å². The van der Waals surface area contributed by atoms with Crippen LogP contribution in [0.5, 0.6) is 0 Å². The summed E-state index contributed by atoms with van der Waals surface area (Å²) in [6.45, 7) is 0. The summed E-state index contributed by atoms with van der Waals surface area (Å²) in [4.78, 5) is 0. The maximum atomic E-state index is 5.75. The Morgan fingerprint density at radius 3 is 2.67 bits per heavy atom. The van der Waals surface area contributed by atoms with E-state index < -0.39 is 0 Å². The lowest BCUT2D eigenvalue weighted by atomic mass is 9.85. The van der Waals surface area contributed by atoms with Crippen LogP contribution >= 0.6 is 0 Å². The third-order valence-corrected chi connectivity index (χ3v) is 3.01. The molecule has 0 amide bonds. The minimum atomic E-state index is 0.773. The van der Waals surface area contributed by atoms with E-state index in [0.717, 1.165) is 11.3 Å². The lowest BCUT2D eigenvalue weighted by molar-refractivity contribution is 0.838. The first-order valence-corrected chi connectivity index (χ1v) is 5.22. The van der Waals surface area contributed by atoms with E-state index in [1.165, 1.54) is 29.5 Å². The molecule has 2 aliphatic carbocycles. The number of nitrogens with two attached hydrogens (primary N) is 1. The number of allylic oxidation sites excluding steroid dienone is 5. The molecule has 1 aromatic carbocycles. The highest BCUT2D eigenvalue weighted by Gasteiger charge is 2.16. The van der Waals surface area contributed by atoms with Crippen LogP contribution < -0.4 is 5.73 Å². The highest BCUT2D eigenvalue weighted by Crippen LogP contribution is 2.28. The molecule has 0 fully saturated rings. The van der Waals surface area contributed by atoms with Crippen molar-refractivity contribution in [2.24, 2.45) is 5.73 Å². The second-order valence-electron chi connectivity index (χ2n) is 4.04. The van der Waals surface area contributed by atoms with Crippen molar-refractivity contribution in [3.8, 4) is 0 Å². The Bertz CT molecular complexity index is 504. The molecule has 1 aromatic rings. The van der Waals surface area contributed by atoms with E-state index in [-0.39, 0.29) is 0 Å². The van der Waals surface area contributed by atoms with Gasteiger partial charge in [0.05, 0.1) is 11.6 Å². The quantitative estimate of drug-likeness (QED) is 0.682. The average Bonchev–Trinajstić information content (AvgIpc) is 2.20. The zero-order valence-electron chi connectivity index (χ0n) is 8.46. The van der Waals surface area contributed by atoms with Crippen molar-refractivity contribution in [1.29, 1.82) is 0 Å². The Morgan fingerprint density at radius 2 is 2.00 bits per heavy atom. The number of aryl methyl sites for hydroxylation is 2. The van der Waals surface area contributed by atoms with Crippen LogP contribution in [-0.2, 0) is 12.8 Å². The Hall–Kier alpha value is -1.85. The average molecular weight is 194 g/mol. The monoisotopic (exact) mass is 194 g/mol. The normalized spacial score (nSPS) is 17.1. The Balaban J connectivity index is 2.03. The van der Waals surface area contributed by atoms with Crippen LogP contribution in [0.2, 0.25) is 0 Å². The van der Waals surface area contributed by atoms with Crippen molar-refractivity contribution in [3.05, 3.63) is 64.9 Å². The van der Waals surface area contributed by atoms with Crippen molar-refractivity contribution >= 4 is 5.57 Å². The molecule has 0 saturated carbocycles. The van der Waals surface area contributed by atoms with Gasteiger partial charge in [-0.1, -0.05) is 6.07 Å². The molecule has 2 aliphatic rings. The highest BCUT2D eigenvalue weighted by atomic mass is 14.6. The molecule has 0 spiro atoms. The van der Waals surface area contributed by atoms with Gasteiger partial charge in [0.1, 0.15) is 17.8 Å². The standard InChI is InChI=1S/C14H12N/c15-14-3-1-2-11(9-14)13-7-5-10-4-6-12(10)8-13/h2-3,5,7-9H,4,6,15H2/q+1. The third-order valence-electron chi connectivity index (χ3n) is 3.01. The SMILES string of the molecule is NC1=C[C+]=CC(c2ccc3c(c2)CC3)=C1. The van der Waals surface area contributed by atoms with Gasteiger partial charge in [0.25, 0.3) is 0 Å². The van der Waals surface area contributed by atoms with Gasteiger partial charge in [-0.3, -0.25) is 0 Å². The van der Waals surface area contributed by atoms with Gasteiger partial charge in [0.15, 0.2) is 0 Å². The van der Waals surface area contributed by atoms with E-state index in [1.54, 1.807) is 6.08 Å². The van der Waals surface area contributed by atoms with Gasteiger partial charge >= 0.3 is 0 Å². The van der Waals surface area contributed by atoms with Crippen LogP contribution in [0.25, 0.3) is 5.57 Å². The van der Waals surface area contributed by atoms with Crippen LogP contribution in [0.1, 0.15) is 16.7 Å². The van der Waals surface area contributed by atoms with Crippen LogP contribution in [0.4, 0.5) is 0 Å². The summed E-state index contributed by atoms with van der Waals surface area (Å²) in [6.07, 6.45) is 11.3. The molecule has 0 aliphatic heterocycles. The molecular weight excluding hydrogens is 182 g/mol. The van der Waals surface area contributed by atoms with Crippen molar-refractivity contribution in [2.75, 3.05) is 0 Å². The molecule has 1 nitrogen and oxygen atoms in total. The molecule has 2 N–H and O–H groups in total. The number of benzene rings is 1. The molecule has 0 aromatic heterocycles. The van der Waals surface area contributed by atoms with E-state index in [2.05, 4.69) is 24.3 Å². The maximum absolute atomic E-state index is 5.75. The van der Waals surface area contributed by atoms with Crippen molar-refractivity contribution in [1.82, 2.24) is 0 Å². The van der Waals surface area contributed by atoms with E-state index in [9.17, 15) is 0 Å². The lowest BCUT2D eigenvalue weighted by Gasteiger charge is -2.18. The van der Waals surface area contributed by atoms with E-state index in [4.69, 9.17) is 5.73 Å². The van der Waals surface area contributed by atoms with E-state index in [1.807, 2.05) is 12.2 Å². The van der Waals surface area contributed by atoms with Gasteiger partial charge < -0.3 is 5.73 Å². The summed E-state index contributed by atoms with van der Waals surface area (Å²) in [5.41, 5.74) is 11.9. The molecule has 0 radical (unpaired) electrons. The maximum Gasteiger partial charge on any atom is 0.144 e. The van der Waals surface area contributed by atoms with Crippen molar-refractivity contribution in [2.45, 2.75) is 12.8 Å². The van der Waals surface area contributed by atoms with E-state index >= 15 is 0 Å². The summed E-state index contributed by atoms with van der Waals surface area (Å²) in [5.74, 6) is 0.